The third-order valence-corrected chi connectivity index (χ3v) is 2.08. The number of carbonyl (C=O) groups is 2. The molecule has 0 heterocycles. The fraction of sp³-hybridized carbons (Fsp3) is 0.727. The van der Waals surface area contributed by atoms with E-state index in [2.05, 4.69) is 22.9 Å². The van der Waals surface area contributed by atoms with Crippen LogP contribution in [0.15, 0.2) is 0 Å². The Morgan fingerprint density at radius 2 is 1.83 bits per heavy atom. The van der Waals surface area contributed by atoms with Crippen molar-refractivity contribution < 1.29 is 14.3 Å². The zero-order chi connectivity index (χ0) is 14.0. The average Bonchev–Trinajstić information content (AvgIpc) is 2.29. The highest BCUT2D eigenvalue weighted by atomic mass is 32.1. The molecule has 4 N–H and O–H groups in total. The molecular formula is C11H21N3O3S. The van der Waals surface area contributed by atoms with Crippen molar-refractivity contribution in [3.63, 3.8) is 0 Å². The second-order valence-electron chi connectivity index (χ2n) is 4.03. The number of ether oxygens (including phenoxy) is 1. The van der Waals surface area contributed by atoms with E-state index >= 15 is 0 Å². The van der Waals surface area contributed by atoms with E-state index in [9.17, 15) is 9.59 Å². The van der Waals surface area contributed by atoms with Gasteiger partial charge >= 0.3 is 11.8 Å². The zero-order valence-corrected chi connectivity index (χ0v) is 11.6. The Labute approximate surface area is 113 Å². The fourth-order valence-electron chi connectivity index (χ4n) is 1.08. The maximum atomic E-state index is 11.3. The number of nitrogens with two attached hydrogens (primary N) is 1. The van der Waals surface area contributed by atoms with E-state index in [0.717, 1.165) is 12.8 Å². The highest BCUT2D eigenvalue weighted by Gasteiger charge is 2.11. The van der Waals surface area contributed by atoms with Crippen molar-refractivity contribution in [2.24, 2.45) is 5.73 Å². The van der Waals surface area contributed by atoms with E-state index < -0.39 is 11.8 Å². The van der Waals surface area contributed by atoms with Crippen molar-refractivity contribution in [1.29, 1.82) is 0 Å². The molecule has 0 aliphatic rings. The Morgan fingerprint density at radius 1 is 1.22 bits per heavy atom. The number of rotatable bonds is 8. The smallest absolute Gasteiger partial charge is 0.309 e. The maximum Gasteiger partial charge on any atom is 0.309 e. The quantitative estimate of drug-likeness (QED) is 0.321. The minimum absolute atomic E-state index is 0.0316. The third-order valence-electron chi connectivity index (χ3n) is 1.94. The summed E-state index contributed by atoms with van der Waals surface area (Å²) in [4.78, 5) is 22.6. The number of hydrogen-bond acceptors (Lipinski definition) is 4. The monoisotopic (exact) mass is 275 g/mol. The first-order valence-corrected chi connectivity index (χ1v) is 6.30. The molecule has 6 nitrogen and oxygen atoms in total. The lowest BCUT2D eigenvalue weighted by molar-refractivity contribution is -0.139. The van der Waals surface area contributed by atoms with Crippen LogP contribution in [0.4, 0.5) is 0 Å². The van der Waals surface area contributed by atoms with Crippen LogP contribution < -0.4 is 16.4 Å². The molecule has 7 heteroatoms. The van der Waals surface area contributed by atoms with E-state index in [0.29, 0.717) is 13.2 Å². The third kappa shape index (κ3) is 9.98. The molecule has 2 amide bonds. The Hall–Kier alpha value is -1.21. The second-order valence-corrected chi connectivity index (χ2v) is 4.56. The average molecular weight is 275 g/mol. The summed E-state index contributed by atoms with van der Waals surface area (Å²) >= 11 is 4.57. The van der Waals surface area contributed by atoms with Crippen molar-refractivity contribution >= 4 is 29.0 Å². The van der Waals surface area contributed by atoms with E-state index in [4.69, 9.17) is 10.5 Å². The standard InChI is InChI=1S/C11H21N3O3S/c1-8(2)17-6-4-3-5-13-10(15)11(16)14-7-9(12)18/h8H,3-7H2,1-2H3,(H2,12,18)(H,13,15)(H,14,16). The Bertz CT molecular complexity index is 295. The summed E-state index contributed by atoms with van der Waals surface area (Å²) in [7, 11) is 0. The summed E-state index contributed by atoms with van der Waals surface area (Å²) in [6, 6.07) is 0. The molecule has 0 unspecified atom stereocenters. The fourth-order valence-corrected chi connectivity index (χ4v) is 1.15. The molecule has 0 radical (unpaired) electrons. The van der Waals surface area contributed by atoms with Crippen LogP contribution in [-0.2, 0) is 14.3 Å². The van der Waals surface area contributed by atoms with Crippen LogP contribution >= 0.6 is 12.2 Å². The molecule has 0 saturated carbocycles. The van der Waals surface area contributed by atoms with Gasteiger partial charge in [0.05, 0.1) is 17.6 Å². The molecule has 0 aromatic heterocycles. The SMILES string of the molecule is CC(C)OCCCCNC(=O)C(=O)NCC(N)=S. The minimum atomic E-state index is -0.721. The van der Waals surface area contributed by atoms with Crippen molar-refractivity contribution in [3.05, 3.63) is 0 Å². The van der Waals surface area contributed by atoms with Crippen LogP contribution in [0.1, 0.15) is 26.7 Å². The summed E-state index contributed by atoms with van der Waals surface area (Å²) in [5.74, 6) is -1.39. The maximum absolute atomic E-state index is 11.3. The number of thiocarbonyl (C=S) groups is 1. The van der Waals surface area contributed by atoms with Gasteiger partial charge in [-0.05, 0) is 26.7 Å². The predicted octanol–water partition coefficient (Wildman–Crippen LogP) is -0.290. The molecule has 0 rings (SSSR count). The molecule has 0 aromatic carbocycles. The summed E-state index contributed by atoms with van der Waals surface area (Å²) in [6.07, 6.45) is 1.82. The number of hydrogen-bond donors (Lipinski definition) is 3. The first-order chi connectivity index (χ1) is 8.43. The molecular weight excluding hydrogens is 254 g/mol. The lowest BCUT2D eigenvalue weighted by Gasteiger charge is -2.08. The van der Waals surface area contributed by atoms with Crippen molar-refractivity contribution in [1.82, 2.24) is 10.6 Å². The molecule has 0 fully saturated rings. The largest absolute Gasteiger partial charge is 0.392 e. The van der Waals surface area contributed by atoms with Crippen molar-refractivity contribution in [2.45, 2.75) is 32.8 Å². The van der Waals surface area contributed by atoms with Crippen LogP contribution in [0.25, 0.3) is 0 Å². The number of unbranched alkanes of at least 4 members (excludes halogenated alkanes) is 1. The van der Waals surface area contributed by atoms with Crippen LogP contribution in [0.5, 0.6) is 0 Å². The molecule has 0 spiro atoms. The molecule has 0 aliphatic carbocycles. The Morgan fingerprint density at radius 3 is 2.39 bits per heavy atom. The number of amides is 2. The van der Waals surface area contributed by atoms with Gasteiger partial charge in [0.1, 0.15) is 0 Å². The minimum Gasteiger partial charge on any atom is -0.392 e. The van der Waals surface area contributed by atoms with Gasteiger partial charge in [0.2, 0.25) is 0 Å². The summed E-state index contributed by atoms with van der Waals surface area (Å²) in [6.45, 7) is 5.06. The number of nitrogens with one attached hydrogen (secondary N) is 2. The lowest BCUT2D eigenvalue weighted by atomic mass is 10.3. The lowest BCUT2D eigenvalue weighted by Crippen LogP contribution is -2.43. The van der Waals surface area contributed by atoms with E-state index in [1.54, 1.807) is 0 Å². The van der Waals surface area contributed by atoms with Gasteiger partial charge < -0.3 is 21.1 Å². The predicted molar refractivity (Wildman–Crippen MR) is 73.1 cm³/mol. The normalized spacial score (nSPS) is 10.2. The number of carbonyl (C=O) groups excluding carboxylic acids is 2. The van der Waals surface area contributed by atoms with Gasteiger partial charge in [-0.15, -0.1) is 0 Å². The Balaban J connectivity index is 3.52. The van der Waals surface area contributed by atoms with Gasteiger partial charge in [-0.25, -0.2) is 0 Å². The van der Waals surface area contributed by atoms with Crippen LogP contribution in [0.3, 0.4) is 0 Å². The molecule has 0 aliphatic heterocycles. The summed E-state index contributed by atoms with van der Waals surface area (Å²) < 4.78 is 5.34. The highest BCUT2D eigenvalue weighted by Crippen LogP contribution is 1.93. The molecule has 0 atom stereocenters. The van der Waals surface area contributed by atoms with Crippen LogP contribution in [0.2, 0.25) is 0 Å². The van der Waals surface area contributed by atoms with Gasteiger partial charge in [-0.3, -0.25) is 9.59 Å². The van der Waals surface area contributed by atoms with Crippen molar-refractivity contribution in [2.75, 3.05) is 19.7 Å². The van der Waals surface area contributed by atoms with Gasteiger partial charge in [-0.1, -0.05) is 12.2 Å². The Kier molecular flexibility index (Phi) is 9.13. The van der Waals surface area contributed by atoms with Gasteiger partial charge in [0, 0.05) is 13.2 Å². The molecule has 0 bridgehead atoms. The van der Waals surface area contributed by atoms with Crippen LogP contribution in [0, 0.1) is 0 Å². The first kappa shape index (κ1) is 16.8. The molecule has 0 aromatic rings. The van der Waals surface area contributed by atoms with Gasteiger partial charge in [-0.2, -0.15) is 0 Å². The van der Waals surface area contributed by atoms with E-state index in [-0.39, 0.29) is 17.6 Å². The van der Waals surface area contributed by atoms with E-state index in [1.165, 1.54) is 0 Å². The molecule has 104 valence electrons. The van der Waals surface area contributed by atoms with Crippen LogP contribution in [-0.4, -0.2) is 42.6 Å². The first-order valence-electron chi connectivity index (χ1n) is 5.89. The topological polar surface area (TPSA) is 93.4 Å². The summed E-state index contributed by atoms with van der Waals surface area (Å²) in [5.41, 5.74) is 5.19. The van der Waals surface area contributed by atoms with E-state index in [1.807, 2.05) is 13.8 Å². The second kappa shape index (κ2) is 9.78. The van der Waals surface area contributed by atoms with Crippen molar-refractivity contribution in [3.8, 4) is 0 Å². The highest BCUT2D eigenvalue weighted by molar-refractivity contribution is 7.80. The summed E-state index contributed by atoms with van der Waals surface area (Å²) in [5, 5.41) is 4.81. The molecule has 18 heavy (non-hydrogen) atoms. The molecule has 0 saturated heterocycles. The van der Waals surface area contributed by atoms with Gasteiger partial charge in [0.15, 0.2) is 0 Å². The zero-order valence-electron chi connectivity index (χ0n) is 10.8. The van der Waals surface area contributed by atoms with Gasteiger partial charge in [0.25, 0.3) is 0 Å².